The van der Waals surface area contributed by atoms with Crippen molar-refractivity contribution in [3.05, 3.63) is 65.7 Å². The minimum atomic E-state index is -2.45. The van der Waals surface area contributed by atoms with E-state index in [9.17, 15) is 8.76 Å². The topological polar surface area (TPSA) is 117 Å². The van der Waals surface area contributed by atoms with Crippen molar-refractivity contribution in [1.29, 1.82) is 5.26 Å². The number of anilines is 3. The van der Waals surface area contributed by atoms with Gasteiger partial charge in [0, 0.05) is 53.2 Å². The SMILES string of the molecule is N#CCN(Cc1ccc(-c2csc3cnc(Nc4ccc(N5CCOCC5)cc4)nc23)cc1)S(=O)[O-]. The third kappa shape index (κ3) is 5.53. The van der Waals surface area contributed by atoms with Crippen LogP contribution < -0.4 is 10.2 Å². The number of hydrogen-bond acceptors (Lipinski definition) is 9. The van der Waals surface area contributed by atoms with E-state index in [0.717, 1.165) is 63.2 Å². The Hall–Kier alpha value is -3.40. The van der Waals surface area contributed by atoms with E-state index in [1.54, 1.807) is 11.3 Å². The summed E-state index contributed by atoms with van der Waals surface area (Å²) in [5.41, 5.74) is 5.68. The molecule has 1 atom stereocenters. The Morgan fingerprint density at radius 2 is 1.92 bits per heavy atom. The maximum absolute atomic E-state index is 11.3. The first-order valence-corrected chi connectivity index (χ1v) is 13.3. The predicted molar refractivity (Wildman–Crippen MR) is 141 cm³/mol. The maximum atomic E-state index is 11.3. The van der Waals surface area contributed by atoms with Crippen molar-refractivity contribution in [2.24, 2.45) is 0 Å². The van der Waals surface area contributed by atoms with Crippen molar-refractivity contribution in [2.75, 3.05) is 43.1 Å². The van der Waals surface area contributed by atoms with Gasteiger partial charge >= 0.3 is 0 Å². The van der Waals surface area contributed by atoms with Crippen LogP contribution in [0.4, 0.5) is 17.3 Å². The van der Waals surface area contributed by atoms with Gasteiger partial charge in [-0.25, -0.2) is 14.3 Å². The molecule has 1 unspecified atom stereocenters. The number of nitrogens with zero attached hydrogens (tertiary/aromatic N) is 5. The molecule has 4 aromatic rings. The van der Waals surface area contributed by atoms with Gasteiger partial charge in [0.2, 0.25) is 5.95 Å². The predicted octanol–water partition coefficient (Wildman–Crippen LogP) is 4.06. The molecule has 5 rings (SSSR count). The molecule has 0 radical (unpaired) electrons. The summed E-state index contributed by atoms with van der Waals surface area (Å²) in [6.45, 7) is 3.25. The molecule has 2 aromatic carbocycles. The molecule has 11 heteroatoms. The summed E-state index contributed by atoms with van der Waals surface area (Å²) in [5, 5.41) is 14.2. The van der Waals surface area contributed by atoms with Crippen LogP contribution in [-0.2, 0) is 22.5 Å². The van der Waals surface area contributed by atoms with Gasteiger partial charge in [0.15, 0.2) is 0 Å². The fourth-order valence-corrected chi connectivity index (χ4v) is 5.32. The zero-order chi connectivity index (χ0) is 24.9. The van der Waals surface area contributed by atoms with E-state index >= 15 is 0 Å². The van der Waals surface area contributed by atoms with Gasteiger partial charge in [-0.15, -0.1) is 11.3 Å². The number of hydrogen-bond donors (Lipinski definition) is 1. The molecular weight excluding hydrogens is 496 g/mol. The molecule has 0 bridgehead atoms. The number of aromatic nitrogens is 2. The van der Waals surface area contributed by atoms with Gasteiger partial charge in [-0.3, -0.25) is 4.21 Å². The quantitative estimate of drug-likeness (QED) is 0.274. The summed E-state index contributed by atoms with van der Waals surface area (Å²) in [6, 6.07) is 17.7. The van der Waals surface area contributed by atoms with E-state index in [0.29, 0.717) is 5.95 Å². The molecule has 36 heavy (non-hydrogen) atoms. The van der Waals surface area contributed by atoms with E-state index in [1.165, 1.54) is 5.69 Å². The summed E-state index contributed by atoms with van der Waals surface area (Å²) in [5.74, 6) is 0.517. The van der Waals surface area contributed by atoms with Crippen LogP contribution in [-0.4, -0.2) is 55.9 Å². The highest BCUT2D eigenvalue weighted by atomic mass is 32.2. The number of ether oxygens (including phenoxy) is 1. The molecule has 0 saturated carbocycles. The lowest BCUT2D eigenvalue weighted by atomic mass is 10.1. The molecule has 9 nitrogen and oxygen atoms in total. The molecule has 1 aliphatic rings. The Morgan fingerprint density at radius 3 is 2.61 bits per heavy atom. The van der Waals surface area contributed by atoms with Gasteiger partial charge < -0.3 is 19.5 Å². The summed E-state index contributed by atoms with van der Waals surface area (Å²) < 4.78 is 30.1. The van der Waals surface area contributed by atoms with Crippen LogP contribution in [0, 0.1) is 11.3 Å². The van der Waals surface area contributed by atoms with Crippen LogP contribution >= 0.6 is 11.3 Å². The third-order valence-electron chi connectivity index (χ3n) is 5.90. The molecule has 0 spiro atoms. The second-order valence-electron chi connectivity index (χ2n) is 8.20. The fraction of sp³-hybridized carbons (Fsp3) is 0.240. The van der Waals surface area contributed by atoms with Crippen molar-refractivity contribution in [2.45, 2.75) is 6.54 Å². The molecule has 2 aromatic heterocycles. The van der Waals surface area contributed by atoms with Gasteiger partial charge in [0.05, 0.1) is 42.2 Å². The number of nitrogens with one attached hydrogen (secondary N) is 1. The van der Waals surface area contributed by atoms with Crippen LogP contribution in [0.15, 0.2) is 60.1 Å². The normalized spacial score (nSPS) is 14.6. The Morgan fingerprint density at radius 1 is 1.17 bits per heavy atom. The van der Waals surface area contributed by atoms with Crippen molar-refractivity contribution >= 4 is 50.1 Å². The van der Waals surface area contributed by atoms with E-state index in [-0.39, 0.29) is 13.1 Å². The van der Waals surface area contributed by atoms with Gasteiger partial charge in [0.1, 0.15) is 0 Å². The van der Waals surface area contributed by atoms with E-state index < -0.39 is 11.3 Å². The van der Waals surface area contributed by atoms with Crippen molar-refractivity contribution in [3.63, 3.8) is 0 Å². The second kappa shape index (κ2) is 11.1. The minimum Gasteiger partial charge on any atom is -0.760 e. The van der Waals surface area contributed by atoms with Crippen LogP contribution in [0.3, 0.4) is 0 Å². The smallest absolute Gasteiger partial charge is 0.227 e. The molecule has 1 saturated heterocycles. The zero-order valence-electron chi connectivity index (χ0n) is 19.3. The number of fused-ring (bicyclic) bond motifs is 1. The molecule has 1 N–H and O–H groups in total. The molecule has 1 aliphatic heterocycles. The zero-order valence-corrected chi connectivity index (χ0v) is 20.9. The fourth-order valence-electron chi connectivity index (χ4n) is 4.03. The highest BCUT2D eigenvalue weighted by molar-refractivity contribution is 7.76. The number of thiophene rings is 1. The van der Waals surface area contributed by atoms with E-state index in [4.69, 9.17) is 15.0 Å². The third-order valence-corrected chi connectivity index (χ3v) is 7.48. The van der Waals surface area contributed by atoms with Crippen LogP contribution in [0.1, 0.15) is 5.56 Å². The number of benzene rings is 2. The second-order valence-corrected chi connectivity index (χ2v) is 10.1. The van der Waals surface area contributed by atoms with Crippen molar-refractivity contribution < 1.29 is 13.5 Å². The van der Waals surface area contributed by atoms with Gasteiger partial charge in [-0.05, 0) is 35.4 Å². The summed E-state index contributed by atoms with van der Waals surface area (Å²) in [7, 11) is 0. The summed E-state index contributed by atoms with van der Waals surface area (Å²) in [6.07, 6.45) is 1.82. The van der Waals surface area contributed by atoms with Crippen LogP contribution in [0.2, 0.25) is 0 Å². The number of morpholine rings is 1. The Balaban J connectivity index is 1.32. The number of nitriles is 1. The average molecular weight is 520 g/mol. The van der Waals surface area contributed by atoms with E-state index in [2.05, 4.69) is 27.3 Å². The lowest BCUT2D eigenvalue weighted by molar-refractivity contribution is 0.122. The van der Waals surface area contributed by atoms with Gasteiger partial charge in [0.25, 0.3) is 0 Å². The Bertz CT molecular complexity index is 1400. The lowest BCUT2D eigenvalue weighted by Gasteiger charge is -2.28. The molecule has 0 aliphatic carbocycles. The molecule has 184 valence electrons. The lowest BCUT2D eigenvalue weighted by Crippen LogP contribution is -2.36. The van der Waals surface area contributed by atoms with Crippen molar-refractivity contribution in [1.82, 2.24) is 14.3 Å². The van der Waals surface area contributed by atoms with Gasteiger partial charge in [-0.1, -0.05) is 24.3 Å². The van der Waals surface area contributed by atoms with Gasteiger partial charge in [-0.2, -0.15) is 5.26 Å². The Kier molecular flexibility index (Phi) is 7.50. The van der Waals surface area contributed by atoms with Crippen molar-refractivity contribution in [3.8, 4) is 17.2 Å². The first-order valence-electron chi connectivity index (χ1n) is 11.4. The monoisotopic (exact) mass is 519 g/mol. The highest BCUT2D eigenvalue weighted by Gasteiger charge is 2.13. The Labute approximate surface area is 215 Å². The molecule has 1 fully saturated rings. The molecular formula is C25H23N6O3S2-. The van der Waals surface area contributed by atoms with Crippen LogP contribution in [0.5, 0.6) is 0 Å². The largest absolute Gasteiger partial charge is 0.760 e. The summed E-state index contributed by atoms with van der Waals surface area (Å²) in [4.78, 5) is 11.6. The highest BCUT2D eigenvalue weighted by Crippen LogP contribution is 2.33. The maximum Gasteiger partial charge on any atom is 0.227 e. The molecule has 0 amide bonds. The number of rotatable bonds is 8. The molecule has 3 heterocycles. The first kappa shape index (κ1) is 24.3. The first-order chi connectivity index (χ1) is 17.6. The average Bonchev–Trinajstić information content (AvgIpc) is 3.33. The van der Waals surface area contributed by atoms with Crippen LogP contribution in [0.25, 0.3) is 21.3 Å². The minimum absolute atomic E-state index is 0.148. The summed E-state index contributed by atoms with van der Waals surface area (Å²) >= 11 is -0.876. The van der Waals surface area contributed by atoms with E-state index in [1.807, 2.05) is 54.0 Å². The standard InChI is InChI=1S/C25H24N6O3S2/c26-9-10-31(36(32)33)16-18-1-3-19(4-2-18)22-17-35-23-15-27-25(29-24(22)23)28-20-5-7-21(8-6-20)30-11-13-34-14-12-30/h1-8,15,17H,10-14,16H2,(H,32,33)(H,27,28,29)/p-1.